The molecule has 150 valence electrons. The largest absolute Gasteiger partial charge is 0.459 e. The molecule has 2 fully saturated rings. The van der Waals surface area contributed by atoms with Crippen LogP contribution >= 0.6 is 0 Å². The van der Waals surface area contributed by atoms with E-state index in [-0.39, 0.29) is 23.8 Å². The lowest BCUT2D eigenvalue weighted by atomic mass is 9.78. The molecule has 0 aromatic heterocycles. The van der Waals surface area contributed by atoms with Crippen LogP contribution in [0.15, 0.2) is 12.2 Å². The molecule has 0 heterocycles. The maximum atomic E-state index is 12.9. The highest BCUT2D eigenvalue weighted by Crippen LogP contribution is 2.56. The lowest BCUT2D eigenvalue weighted by molar-refractivity contribution is -0.373. The molecule has 3 nitrogen and oxygen atoms in total. The van der Waals surface area contributed by atoms with Gasteiger partial charge in [-0.05, 0) is 49.4 Å². The molecular formula is C17H22F6O3. The third kappa shape index (κ3) is 3.73. The molecular weight excluding hydrogens is 366 g/mol. The Kier molecular flexibility index (Phi) is 5.45. The van der Waals surface area contributed by atoms with Crippen molar-refractivity contribution >= 4 is 5.97 Å². The van der Waals surface area contributed by atoms with Crippen LogP contribution in [0.4, 0.5) is 26.3 Å². The second-order valence-corrected chi connectivity index (χ2v) is 7.68. The predicted octanol–water partition coefficient (Wildman–Crippen LogP) is 4.40. The fourth-order valence-electron chi connectivity index (χ4n) is 4.02. The SMILES string of the molecule is C=C(C(=O)OC1CC2CC(CC(O)(C(F)(F)F)C(F)(F)F)C1C2)C(C)C. The molecule has 0 radical (unpaired) electrons. The number of hydrogen-bond donors (Lipinski definition) is 1. The van der Waals surface area contributed by atoms with Gasteiger partial charge in [-0.25, -0.2) is 4.79 Å². The molecule has 2 rings (SSSR count). The van der Waals surface area contributed by atoms with E-state index in [9.17, 15) is 36.2 Å². The summed E-state index contributed by atoms with van der Waals surface area (Å²) in [5.74, 6) is -2.62. The Labute approximate surface area is 147 Å². The summed E-state index contributed by atoms with van der Waals surface area (Å²) in [4.78, 5) is 12.0. The number of halogens is 6. The number of carbonyl (C=O) groups excluding carboxylic acids is 1. The first kappa shape index (κ1) is 21.1. The number of carbonyl (C=O) groups is 1. The molecule has 0 aromatic rings. The number of esters is 1. The molecule has 2 bridgehead atoms. The van der Waals surface area contributed by atoms with E-state index in [1.807, 2.05) is 0 Å². The summed E-state index contributed by atoms with van der Waals surface area (Å²) in [6.07, 6.45) is -12.9. The van der Waals surface area contributed by atoms with Crippen LogP contribution in [0.2, 0.25) is 0 Å². The van der Waals surface area contributed by atoms with Gasteiger partial charge in [-0.15, -0.1) is 0 Å². The van der Waals surface area contributed by atoms with Crippen molar-refractivity contribution in [3.63, 3.8) is 0 Å². The smallest absolute Gasteiger partial charge is 0.426 e. The van der Waals surface area contributed by atoms with Crippen LogP contribution < -0.4 is 0 Å². The molecule has 9 heteroatoms. The lowest BCUT2D eigenvalue weighted by Crippen LogP contribution is -2.58. The van der Waals surface area contributed by atoms with E-state index in [0.717, 1.165) is 0 Å². The molecule has 2 aliphatic carbocycles. The fraction of sp³-hybridized carbons (Fsp3) is 0.824. The highest BCUT2D eigenvalue weighted by atomic mass is 19.4. The Balaban J connectivity index is 2.13. The monoisotopic (exact) mass is 388 g/mol. The van der Waals surface area contributed by atoms with E-state index in [4.69, 9.17) is 4.74 Å². The third-order valence-corrected chi connectivity index (χ3v) is 5.60. The maximum Gasteiger partial charge on any atom is 0.426 e. The summed E-state index contributed by atoms with van der Waals surface area (Å²) in [6.45, 7) is 7.03. The van der Waals surface area contributed by atoms with Gasteiger partial charge in [0.1, 0.15) is 6.10 Å². The summed E-state index contributed by atoms with van der Waals surface area (Å²) < 4.78 is 82.9. The van der Waals surface area contributed by atoms with E-state index >= 15 is 0 Å². The first-order valence-electron chi connectivity index (χ1n) is 8.43. The fourth-order valence-corrected chi connectivity index (χ4v) is 4.02. The van der Waals surface area contributed by atoms with Gasteiger partial charge >= 0.3 is 18.3 Å². The summed E-state index contributed by atoms with van der Waals surface area (Å²) in [6, 6.07) is 0. The van der Waals surface area contributed by atoms with Crippen molar-refractivity contribution in [2.45, 2.75) is 63.6 Å². The standard InChI is InChI=1S/C17H22F6O3/c1-8(2)9(3)14(24)26-13-6-10-4-11(12(13)5-10)7-15(25,16(18,19)20)17(21,22)23/h8,10-13,25H,3-7H2,1-2H3. The van der Waals surface area contributed by atoms with Crippen LogP contribution in [-0.4, -0.2) is 35.1 Å². The van der Waals surface area contributed by atoms with E-state index in [1.54, 1.807) is 13.8 Å². The normalized spacial score (nSPS) is 29.3. The number of aliphatic hydroxyl groups is 1. The van der Waals surface area contributed by atoms with Crippen LogP contribution in [0.3, 0.4) is 0 Å². The number of rotatable bonds is 5. The third-order valence-electron chi connectivity index (χ3n) is 5.60. The van der Waals surface area contributed by atoms with Crippen molar-refractivity contribution in [2.75, 3.05) is 0 Å². The van der Waals surface area contributed by atoms with Crippen molar-refractivity contribution in [1.29, 1.82) is 0 Å². The zero-order valence-electron chi connectivity index (χ0n) is 14.5. The van der Waals surface area contributed by atoms with Gasteiger partial charge in [-0.2, -0.15) is 26.3 Å². The number of alkyl halides is 6. The Morgan fingerprint density at radius 3 is 2.08 bits per heavy atom. The van der Waals surface area contributed by atoms with E-state index in [0.29, 0.717) is 12.8 Å². The molecule has 0 spiro atoms. The summed E-state index contributed by atoms with van der Waals surface area (Å²) >= 11 is 0. The Bertz CT molecular complexity index is 552. The molecule has 26 heavy (non-hydrogen) atoms. The van der Waals surface area contributed by atoms with Crippen LogP contribution in [0.25, 0.3) is 0 Å². The zero-order valence-corrected chi connectivity index (χ0v) is 14.5. The van der Waals surface area contributed by atoms with Crippen molar-refractivity contribution in [1.82, 2.24) is 0 Å². The van der Waals surface area contributed by atoms with Gasteiger partial charge in [-0.1, -0.05) is 20.4 Å². The van der Waals surface area contributed by atoms with Gasteiger partial charge in [0.25, 0.3) is 5.60 Å². The topological polar surface area (TPSA) is 46.5 Å². The summed E-state index contributed by atoms with van der Waals surface area (Å²) in [5.41, 5.74) is -4.56. The van der Waals surface area contributed by atoms with Crippen LogP contribution in [0, 0.1) is 23.7 Å². The van der Waals surface area contributed by atoms with Gasteiger partial charge in [-0.3, -0.25) is 0 Å². The van der Waals surface area contributed by atoms with E-state index in [1.165, 1.54) is 0 Å². The molecule has 1 N–H and O–H groups in total. The van der Waals surface area contributed by atoms with Crippen molar-refractivity contribution in [3.05, 3.63) is 12.2 Å². The first-order chi connectivity index (χ1) is 11.7. The van der Waals surface area contributed by atoms with E-state index in [2.05, 4.69) is 6.58 Å². The molecule has 2 saturated carbocycles. The quantitative estimate of drug-likeness (QED) is 0.431. The van der Waals surface area contributed by atoms with Gasteiger partial charge in [0, 0.05) is 5.57 Å². The average molecular weight is 388 g/mol. The van der Waals surface area contributed by atoms with Gasteiger partial charge < -0.3 is 9.84 Å². The minimum Gasteiger partial charge on any atom is -0.459 e. The van der Waals surface area contributed by atoms with Crippen molar-refractivity contribution in [2.24, 2.45) is 23.7 Å². The zero-order chi connectivity index (χ0) is 20.1. The molecule has 4 atom stereocenters. The van der Waals surface area contributed by atoms with Crippen LogP contribution in [0.5, 0.6) is 0 Å². The van der Waals surface area contributed by atoms with Gasteiger partial charge in [0.05, 0.1) is 0 Å². The first-order valence-corrected chi connectivity index (χ1v) is 8.43. The molecule has 4 unspecified atom stereocenters. The average Bonchev–Trinajstić information content (AvgIpc) is 3.03. The van der Waals surface area contributed by atoms with Crippen LogP contribution in [-0.2, 0) is 9.53 Å². The van der Waals surface area contributed by atoms with E-state index < -0.39 is 48.3 Å². The Hall–Kier alpha value is -1.25. The molecule has 0 aromatic carbocycles. The molecule has 0 amide bonds. The van der Waals surface area contributed by atoms with Gasteiger partial charge in [0.2, 0.25) is 0 Å². The molecule has 0 saturated heterocycles. The minimum atomic E-state index is -5.83. The summed E-state index contributed by atoms with van der Waals surface area (Å²) in [7, 11) is 0. The molecule has 0 aliphatic heterocycles. The van der Waals surface area contributed by atoms with Crippen molar-refractivity contribution in [3.8, 4) is 0 Å². The number of hydrogen-bond acceptors (Lipinski definition) is 3. The highest BCUT2D eigenvalue weighted by molar-refractivity contribution is 5.88. The van der Waals surface area contributed by atoms with Crippen LogP contribution in [0.1, 0.15) is 39.5 Å². The maximum absolute atomic E-state index is 12.9. The minimum absolute atomic E-state index is 0.110. The van der Waals surface area contributed by atoms with Crippen molar-refractivity contribution < 1.29 is 41.0 Å². The Morgan fingerprint density at radius 2 is 1.65 bits per heavy atom. The second kappa shape index (κ2) is 6.73. The lowest BCUT2D eigenvalue weighted by Gasteiger charge is -2.38. The number of fused-ring (bicyclic) bond motifs is 2. The summed E-state index contributed by atoms with van der Waals surface area (Å²) in [5, 5.41) is 9.43. The predicted molar refractivity (Wildman–Crippen MR) is 79.9 cm³/mol. The highest BCUT2D eigenvalue weighted by Gasteiger charge is 2.71. The van der Waals surface area contributed by atoms with Gasteiger partial charge in [0.15, 0.2) is 0 Å². The Morgan fingerprint density at radius 1 is 1.12 bits per heavy atom. The molecule has 2 aliphatic rings. The second-order valence-electron chi connectivity index (χ2n) is 7.68. The number of ether oxygens (including phenoxy) is 1.